The maximum atomic E-state index is 8.96. The second-order valence-corrected chi connectivity index (χ2v) is 8.20. The number of furan rings is 1. The summed E-state index contributed by atoms with van der Waals surface area (Å²) in [6.07, 6.45) is 0. The van der Waals surface area contributed by atoms with Crippen LogP contribution < -0.4 is 4.57 Å². The Morgan fingerprint density at radius 2 is 1.78 bits per heavy atom. The number of hydrogen-bond acceptors (Lipinski definition) is 1. The van der Waals surface area contributed by atoms with E-state index in [1.807, 2.05) is 61.5 Å². The predicted molar refractivity (Wildman–Crippen MR) is 131 cm³/mol. The molecule has 0 aliphatic carbocycles. The lowest BCUT2D eigenvalue weighted by molar-refractivity contribution is -0.667. The maximum absolute atomic E-state index is 8.96. The molecule has 5 aromatic rings. The van der Waals surface area contributed by atoms with E-state index in [1.165, 1.54) is 0 Å². The average Bonchev–Trinajstić information content (AvgIpc) is 3.20. The van der Waals surface area contributed by atoms with Crippen LogP contribution in [-0.4, -0.2) is 0 Å². The molecule has 0 spiro atoms. The Bertz CT molecular complexity index is 1700. The van der Waals surface area contributed by atoms with Crippen LogP contribution in [0.5, 0.6) is 0 Å². The summed E-state index contributed by atoms with van der Waals surface area (Å²) >= 11 is 0. The highest BCUT2D eigenvalue weighted by Gasteiger charge is 2.24. The second kappa shape index (κ2) is 7.35. The van der Waals surface area contributed by atoms with Gasteiger partial charge in [0.25, 0.3) is 0 Å². The lowest BCUT2D eigenvalue weighted by atomic mass is 9.97. The molecular weight excluding hydrogens is 392 g/mol. The highest BCUT2D eigenvalue weighted by molar-refractivity contribution is 6.12. The molecule has 2 heterocycles. The van der Waals surface area contributed by atoms with Gasteiger partial charge in [-0.05, 0) is 55.1 Å². The van der Waals surface area contributed by atoms with Crippen molar-refractivity contribution in [2.75, 3.05) is 0 Å². The van der Waals surface area contributed by atoms with Gasteiger partial charge in [-0.3, -0.25) is 0 Å². The van der Waals surface area contributed by atoms with Crippen LogP contribution in [0.25, 0.3) is 49.2 Å². The Hall–Kier alpha value is -3.90. The molecule has 0 bridgehead atoms. The molecule has 156 valence electrons. The standard InChI is InChI=1S/C29H25N2O/c1-17-12-13-22-24-15-25(30-5)23(21-10-8-7-9-11-21)16-27(24)32-29(22)28(17)26-14-18(2)19(3)20(4)31(26)6/h7-16H,1-4,6H3/q+1/i3D3,14D. The van der Waals surface area contributed by atoms with Crippen molar-refractivity contribution in [3.63, 3.8) is 0 Å². The summed E-state index contributed by atoms with van der Waals surface area (Å²) < 4.78 is 41.2. The zero-order valence-electron chi connectivity index (χ0n) is 22.5. The van der Waals surface area contributed by atoms with E-state index >= 15 is 0 Å². The normalized spacial score (nSPS) is 13.5. The summed E-state index contributed by atoms with van der Waals surface area (Å²) in [5, 5.41) is 1.68. The molecule has 0 aliphatic heterocycles. The fourth-order valence-corrected chi connectivity index (χ4v) is 4.37. The van der Waals surface area contributed by atoms with Crippen LogP contribution in [0, 0.1) is 34.2 Å². The van der Waals surface area contributed by atoms with Gasteiger partial charge in [0.15, 0.2) is 11.4 Å². The first-order chi connectivity index (χ1) is 17.0. The number of pyridine rings is 1. The molecule has 0 N–H and O–H groups in total. The van der Waals surface area contributed by atoms with E-state index in [2.05, 4.69) is 4.85 Å². The molecule has 3 nitrogen and oxygen atoms in total. The van der Waals surface area contributed by atoms with Crippen molar-refractivity contribution in [3.8, 4) is 22.4 Å². The van der Waals surface area contributed by atoms with Crippen molar-refractivity contribution in [1.82, 2.24) is 0 Å². The molecule has 0 saturated carbocycles. The van der Waals surface area contributed by atoms with Crippen molar-refractivity contribution in [1.29, 1.82) is 0 Å². The molecule has 0 aliphatic rings. The van der Waals surface area contributed by atoms with Gasteiger partial charge in [-0.25, -0.2) is 4.85 Å². The van der Waals surface area contributed by atoms with Gasteiger partial charge in [0.2, 0.25) is 5.69 Å². The van der Waals surface area contributed by atoms with Gasteiger partial charge in [-0.2, -0.15) is 4.57 Å². The van der Waals surface area contributed by atoms with Crippen LogP contribution in [-0.2, 0) is 7.05 Å². The number of aryl methyl sites for hydroxylation is 1. The van der Waals surface area contributed by atoms with Crippen LogP contribution in [0.4, 0.5) is 5.69 Å². The van der Waals surface area contributed by atoms with Crippen molar-refractivity contribution in [3.05, 3.63) is 94.4 Å². The third-order valence-electron chi connectivity index (χ3n) is 6.29. The van der Waals surface area contributed by atoms with E-state index in [9.17, 15) is 0 Å². The van der Waals surface area contributed by atoms with Crippen LogP contribution >= 0.6 is 0 Å². The summed E-state index contributed by atoms with van der Waals surface area (Å²) in [6.45, 7) is 10.9. The number of rotatable bonds is 2. The molecule has 2 aromatic heterocycles. The summed E-state index contributed by atoms with van der Waals surface area (Å²) in [7, 11) is 1.79. The zero-order chi connectivity index (χ0) is 25.9. The number of hydrogen-bond donors (Lipinski definition) is 0. The van der Waals surface area contributed by atoms with E-state index in [1.54, 1.807) is 25.5 Å². The minimum absolute atomic E-state index is 0.164. The minimum Gasteiger partial charge on any atom is -0.455 e. The molecule has 3 aromatic carbocycles. The van der Waals surface area contributed by atoms with Crippen molar-refractivity contribution >= 4 is 27.6 Å². The topological polar surface area (TPSA) is 21.4 Å². The summed E-state index contributed by atoms with van der Waals surface area (Å²) in [5.74, 6) is 0. The van der Waals surface area contributed by atoms with E-state index in [-0.39, 0.29) is 11.6 Å². The van der Waals surface area contributed by atoms with Crippen molar-refractivity contribution in [2.24, 2.45) is 7.05 Å². The Morgan fingerprint density at radius 3 is 2.50 bits per heavy atom. The Balaban J connectivity index is 1.87. The average molecular weight is 422 g/mol. The third kappa shape index (κ3) is 2.92. The highest BCUT2D eigenvalue weighted by atomic mass is 16.3. The molecule has 0 fully saturated rings. The van der Waals surface area contributed by atoms with Gasteiger partial charge in [0.05, 0.1) is 13.5 Å². The van der Waals surface area contributed by atoms with Gasteiger partial charge in [-0.15, -0.1) is 0 Å². The quantitative estimate of drug-likeness (QED) is 0.213. The molecule has 0 atom stereocenters. The monoisotopic (exact) mass is 421 g/mol. The molecular formula is C29H25N2O+. The van der Waals surface area contributed by atoms with Gasteiger partial charge in [0.1, 0.15) is 18.2 Å². The SMILES string of the molecule is [2H]c1c(C)c(C([2H])([2H])[2H])c(C)[n+](C)c1-c1c(C)ccc2c1oc1cc(-c3ccccc3)c([N+]#[C-])cc12. The predicted octanol–water partition coefficient (Wildman–Crippen LogP) is 7.53. The van der Waals surface area contributed by atoms with Crippen LogP contribution in [0.15, 0.2) is 65.1 Å². The first-order valence-electron chi connectivity index (χ1n) is 12.5. The number of nitrogens with zero attached hydrogens (tertiary/aromatic N) is 2. The lowest BCUT2D eigenvalue weighted by Crippen LogP contribution is -2.36. The van der Waals surface area contributed by atoms with E-state index in [0.29, 0.717) is 33.8 Å². The van der Waals surface area contributed by atoms with E-state index in [0.717, 1.165) is 33.0 Å². The Morgan fingerprint density at radius 1 is 1.00 bits per heavy atom. The van der Waals surface area contributed by atoms with E-state index < -0.39 is 6.85 Å². The third-order valence-corrected chi connectivity index (χ3v) is 6.29. The summed E-state index contributed by atoms with van der Waals surface area (Å²) in [4.78, 5) is 3.79. The fourth-order valence-electron chi connectivity index (χ4n) is 4.37. The number of benzene rings is 3. The van der Waals surface area contributed by atoms with Gasteiger partial charge < -0.3 is 4.42 Å². The minimum atomic E-state index is -2.31. The molecule has 0 radical (unpaired) electrons. The van der Waals surface area contributed by atoms with Crippen LogP contribution in [0.1, 0.15) is 27.9 Å². The zero-order valence-corrected chi connectivity index (χ0v) is 18.5. The molecule has 0 unspecified atom stereocenters. The molecule has 0 amide bonds. The first-order valence-corrected chi connectivity index (χ1v) is 10.5. The fraction of sp³-hybridized carbons (Fsp3) is 0.172. The maximum Gasteiger partial charge on any atom is 0.216 e. The Kier molecular flexibility index (Phi) is 3.64. The highest BCUT2D eigenvalue weighted by Crippen LogP contribution is 2.42. The van der Waals surface area contributed by atoms with Gasteiger partial charge in [-0.1, -0.05) is 42.5 Å². The number of fused-ring (bicyclic) bond motifs is 3. The van der Waals surface area contributed by atoms with Gasteiger partial charge in [0, 0.05) is 33.4 Å². The lowest BCUT2D eigenvalue weighted by Gasteiger charge is -2.10. The van der Waals surface area contributed by atoms with Crippen LogP contribution in [0.2, 0.25) is 0 Å². The van der Waals surface area contributed by atoms with Gasteiger partial charge >= 0.3 is 0 Å². The van der Waals surface area contributed by atoms with Crippen molar-refractivity contribution < 1.29 is 14.5 Å². The molecule has 32 heavy (non-hydrogen) atoms. The largest absolute Gasteiger partial charge is 0.455 e. The van der Waals surface area contributed by atoms with E-state index in [4.69, 9.17) is 16.5 Å². The molecule has 3 heteroatoms. The summed E-state index contributed by atoms with van der Waals surface area (Å²) in [5.41, 5.74) is 7.08. The molecule has 0 saturated heterocycles. The number of aromatic nitrogens is 1. The van der Waals surface area contributed by atoms with Crippen molar-refractivity contribution in [2.45, 2.75) is 27.6 Å². The van der Waals surface area contributed by atoms with Crippen LogP contribution in [0.3, 0.4) is 0 Å². The first kappa shape index (κ1) is 15.8. The summed E-state index contributed by atoms with van der Waals surface area (Å²) in [6, 6.07) is 17.7. The molecule has 5 rings (SSSR count). The smallest absolute Gasteiger partial charge is 0.216 e. The second-order valence-electron chi connectivity index (χ2n) is 8.20. The Labute approximate surface area is 194 Å².